The van der Waals surface area contributed by atoms with Gasteiger partial charge in [0.15, 0.2) is 0 Å². The van der Waals surface area contributed by atoms with Crippen molar-refractivity contribution in [2.24, 2.45) is 0 Å². The first-order valence-electron chi connectivity index (χ1n) is 3.88. The van der Waals surface area contributed by atoms with Gasteiger partial charge in [-0.05, 0) is 34.3 Å². The van der Waals surface area contributed by atoms with Crippen molar-refractivity contribution in [3.05, 3.63) is 27.7 Å². The predicted molar refractivity (Wildman–Crippen MR) is 66.2 cm³/mol. The summed E-state index contributed by atoms with van der Waals surface area (Å²) in [6, 6.07) is 5.35. The third kappa shape index (κ3) is 3.19. The Labute approximate surface area is 101 Å². The molecule has 5 heteroatoms. The van der Waals surface area contributed by atoms with Crippen LogP contribution in [-0.2, 0) is 4.79 Å². The normalized spacial score (nSPS) is 9.93. The van der Waals surface area contributed by atoms with Gasteiger partial charge in [0.05, 0.1) is 20.9 Å². The van der Waals surface area contributed by atoms with E-state index in [1.165, 1.54) is 11.8 Å². The van der Waals surface area contributed by atoms with Gasteiger partial charge in [0.1, 0.15) is 0 Å². The summed E-state index contributed by atoms with van der Waals surface area (Å²) in [6.07, 6.45) is 1.88. The average molecular weight is 295 g/mol. The number of amides is 1. The van der Waals surface area contributed by atoms with E-state index < -0.39 is 0 Å². The molecule has 0 aliphatic carbocycles. The first-order chi connectivity index (χ1) is 6.65. The van der Waals surface area contributed by atoms with Crippen molar-refractivity contribution in [1.82, 2.24) is 0 Å². The van der Waals surface area contributed by atoms with Crippen LogP contribution in [0.5, 0.6) is 0 Å². The first-order valence-corrected chi connectivity index (χ1v) is 6.44. The topological polar surface area (TPSA) is 29.1 Å². The van der Waals surface area contributed by atoms with Crippen LogP contribution in [0, 0.1) is 0 Å². The molecule has 0 saturated carbocycles. The molecule has 0 saturated heterocycles. The van der Waals surface area contributed by atoms with Crippen LogP contribution in [0.3, 0.4) is 0 Å². The van der Waals surface area contributed by atoms with Crippen LogP contribution in [-0.4, -0.2) is 17.9 Å². The molecule has 0 fully saturated rings. The van der Waals surface area contributed by atoms with Crippen LogP contribution >= 0.6 is 39.3 Å². The second kappa shape index (κ2) is 5.63. The van der Waals surface area contributed by atoms with Gasteiger partial charge in [0, 0.05) is 0 Å². The maximum Gasteiger partial charge on any atom is 0.234 e. The van der Waals surface area contributed by atoms with Crippen molar-refractivity contribution in [3.63, 3.8) is 0 Å². The number of rotatable bonds is 3. The number of thioether (sulfide) groups is 1. The highest BCUT2D eigenvalue weighted by Gasteiger charge is 2.06. The second-order valence-electron chi connectivity index (χ2n) is 2.58. The van der Waals surface area contributed by atoms with Crippen LogP contribution in [0.4, 0.5) is 5.69 Å². The van der Waals surface area contributed by atoms with Crippen LogP contribution in [0.1, 0.15) is 0 Å². The minimum Gasteiger partial charge on any atom is -0.324 e. The van der Waals surface area contributed by atoms with E-state index in [0.717, 1.165) is 4.47 Å². The number of nitrogens with one attached hydrogen (secondary N) is 1. The Morgan fingerprint density at radius 2 is 2.36 bits per heavy atom. The fraction of sp³-hybridized carbons (Fsp3) is 0.222. The van der Waals surface area contributed by atoms with E-state index in [2.05, 4.69) is 21.2 Å². The summed E-state index contributed by atoms with van der Waals surface area (Å²) in [7, 11) is 0. The van der Waals surface area contributed by atoms with Crippen LogP contribution in [0.2, 0.25) is 5.02 Å². The zero-order valence-corrected chi connectivity index (χ0v) is 10.7. The molecule has 0 radical (unpaired) electrons. The number of halogens is 2. The molecule has 1 amide bonds. The monoisotopic (exact) mass is 293 g/mol. The summed E-state index contributed by atoms with van der Waals surface area (Å²) in [6.45, 7) is 0. The lowest BCUT2D eigenvalue weighted by Crippen LogP contribution is -2.14. The molecule has 0 aromatic heterocycles. The van der Waals surface area contributed by atoms with E-state index in [4.69, 9.17) is 11.6 Å². The molecule has 1 aromatic carbocycles. The largest absolute Gasteiger partial charge is 0.324 e. The van der Waals surface area contributed by atoms with E-state index in [0.29, 0.717) is 16.5 Å². The van der Waals surface area contributed by atoms with E-state index in [9.17, 15) is 4.79 Å². The van der Waals surface area contributed by atoms with E-state index in [1.54, 1.807) is 18.2 Å². The fourth-order valence-corrected chi connectivity index (χ4v) is 1.79. The number of anilines is 1. The molecule has 0 atom stereocenters. The summed E-state index contributed by atoms with van der Waals surface area (Å²) in [5.74, 6) is 0.416. The SMILES string of the molecule is CSCC(=O)Nc1cccc(Cl)c1Br. The number of hydrogen-bond acceptors (Lipinski definition) is 2. The Bertz CT molecular complexity index is 346. The third-order valence-corrected chi connectivity index (χ3v) is 3.45. The summed E-state index contributed by atoms with van der Waals surface area (Å²) >= 11 is 10.7. The number of carbonyl (C=O) groups excluding carboxylic acids is 1. The van der Waals surface area contributed by atoms with Crippen molar-refractivity contribution in [2.75, 3.05) is 17.3 Å². The van der Waals surface area contributed by atoms with E-state index in [1.807, 2.05) is 6.26 Å². The van der Waals surface area contributed by atoms with Gasteiger partial charge in [0.2, 0.25) is 5.91 Å². The zero-order chi connectivity index (χ0) is 10.6. The van der Waals surface area contributed by atoms with Gasteiger partial charge in [0.25, 0.3) is 0 Å². The molecule has 1 rings (SSSR count). The van der Waals surface area contributed by atoms with Crippen molar-refractivity contribution < 1.29 is 4.79 Å². The van der Waals surface area contributed by atoms with Crippen molar-refractivity contribution in [1.29, 1.82) is 0 Å². The van der Waals surface area contributed by atoms with Crippen LogP contribution in [0.25, 0.3) is 0 Å². The Kier molecular flexibility index (Phi) is 4.78. The Hall–Kier alpha value is -0.190. The molecule has 0 aliphatic rings. The number of benzene rings is 1. The average Bonchev–Trinajstić information content (AvgIpc) is 2.13. The zero-order valence-electron chi connectivity index (χ0n) is 7.51. The molecule has 0 spiro atoms. The van der Waals surface area contributed by atoms with Crippen LogP contribution < -0.4 is 5.32 Å². The van der Waals surface area contributed by atoms with E-state index in [-0.39, 0.29) is 5.91 Å². The molecule has 0 bridgehead atoms. The molecule has 1 aromatic rings. The first kappa shape index (κ1) is 11.9. The number of carbonyl (C=O) groups is 1. The van der Waals surface area contributed by atoms with Gasteiger partial charge in [-0.2, -0.15) is 11.8 Å². The Morgan fingerprint density at radius 3 is 3.00 bits per heavy atom. The Balaban J connectivity index is 2.76. The second-order valence-corrected chi connectivity index (χ2v) is 4.65. The third-order valence-electron chi connectivity index (χ3n) is 1.50. The summed E-state index contributed by atoms with van der Waals surface area (Å²) < 4.78 is 0.719. The lowest BCUT2D eigenvalue weighted by atomic mass is 10.3. The smallest absolute Gasteiger partial charge is 0.234 e. The van der Waals surface area contributed by atoms with E-state index >= 15 is 0 Å². The molecular formula is C9H9BrClNOS. The highest BCUT2D eigenvalue weighted by Crippen LogP contribution is 2.29. The summed E-state index contributed by atoms with van der Waals surface area (Å²) in [4.78, 5) is 11.3. The van der Waals surface area contributed by atoms with Gasteiger partial charge >= 0.3 is 0 Å². The van der Waals surface area contributed by atoms with Crippen molar-refractivity contribution in [3.8, 4) is 0 Å². The molecule has 2 nitrogen and oxygen atoms in total. The minimum absolute atomic E-state index is 0.0273. The predicted octanol–water partition coefficient (Wildman–Crippen LogP) is 3.40. The molecule has 0 aliphatic heterocycles. The highest BCUT2D eigenvalue weighted by atomic mass is 79.9. The Morgan fingerprint density at radius 1 is 1.64 bits per heavy atom. The lowest BCUT2D eigenvalue weighted by molar-refractivity contribution is -0.113. The van der Waals surface area contributed by atoms with Gasteiger partial charge in [-0.3, -0.25) is 4.79 Å². The molecule has 1 N–H and O–H groups in total. The molecule has 14 heavy (non-hydrogen) atoms. The lowest BCUT2D eigenvalue weighted by Gasteiger charge is -2.07. The minimum atomic E-state index is -0.0273. The number of hydrogen-bond donors (Lipinski definition) is 1. The summed E-state index contributed by atoms with van der Waals surface area (Å²) in [5, 5.41) is 3.35. The molecule has 76 valence electrons. The molecular weight excluding hydrogens is 286 g/mol. The van der Waals surface area contributed by atoms with Gasteiger partial charge in [-0.25, -0.2) is 0 Å². The molecule has 0 heterocycles. The van der Waals surface area contributed by atoms with Gasteiger partial charge in [-0.15, -0.1) is 0 Å². The standard InChI is InChI=1S/C9H9BrClNOS/c1-14-5-8(13)12-7-4-2-3-6(11)9(7)10/h2-4H,5H2,1H3,(H,12,13). The fourth-order valence-electron chi connectivity index (χ4n) is 0.918. The summed E-state index contributed by atoms with van der Waals surface area (Å²) in [5.41, 5.74) is 0.705. The quantitative estimate of drug-likeness (QED) is 0.925. The maximum absolute atomic E-state index is 11.3. The van der Waals surface area contributed by atoms with Crippen molar-refractivity contribution in [2.45, 2.75) is 0 Å². The van der Waals surface area contributed by atoms with Gasteiger partial charge in [-0.1, -0.05) is 17.7 Å². The van der Waals surface area contributed by atoms with Crippen molar-refractivity contribution >= 4 is 50.9 Å². The van der Waals surface area contributed by atoms with Crippen LogP contribution in [0.15, 0.2) is 22.7 Å². The van der Waals surface area contributed by atoms with Gasteiger partial charge < -0.3 is 5.32 Å². The highest BCUT2D eigenvalue weighted by molar-refractivity contribution is 9.10. The molecule has 0 unspecified atom stereocenters. The maximum atomic E-state index is 11.3.